The van der Waals surface area contributed by atoms with Gasteiger partial charge in [-0.2, -0.15) is 0 Å². The van der Waals surface area contributed by atoms with Gasteiger partial charge in [-0.25, -0.2) is 0 Å². The minimum atomic E-state index is 0.806. The van der Waals surface area contributed by atoms with Crippen molar-refractivity contribution in [1.29, 1.82) is 0 Å². The Morgan fingerprint density at radius 2 is 2.25 bits per heavy atom. The standard InChI is InChI=1S/C11H19Br/c1-2-3-4-6-10-7-5-8-11(12)9-10/h2,10-11H,1,3-9H2. The number of rotatable bonds is 4. The Balaban J connectivity index is 2.09. The van der Waals surface area contributed by atoms with E-state index < -0.39 is 0 Å². The van der Waals surface area contributed by atoms with Gasteiger partial charge in [-0.1, -0.05) is 41.3 Å². The zero-order chi connectivity index (χ0) is 8.81. The number of hydrogen-bond acceptors (Lipinski definition) is 0. The Labute approximate surface area is 84.6 Å². The molecule has 0 aliphatic heterocycles. The van der Waals surface area contributed by atoms with Crippen LogP contribution in [0.15, 0.2) is 12.7 Å². The summed E-state index contributed by atoms with van der Waals surface area (Å²) in [5.74, 6) is 0.989. The molecule has 0 radical (unpaired) electrons. The molecule has 1 aliphatic rings. The number of halogens is 1. The molecule has 0 saturated heterocycles. The summed E-state index contributed by atoms with van der Waals surface area (Å²) in [6, 6.07) is 0. The molecule has 12 heavy (non-hydrogen) atoms. The van der Waals surface area contributed by atoms with E-state index in [1.165, 1.54) is 44.9 Å². The first kappa shape index (κ1) is 10.3. The summed E-state index contributed by atoms with van der Waals surface area (Å²) < 4.78 is 0. The normalized spacial score (nSPS) is 30.1. The molecular weight excluding hydrogens is 212 g/mol. The van der Waals surface area contributed by atoms with Crippen LogP contribution >= 0.6 is 15.9 Å². The highest BCUT2D eigenvalue weighted by molar-refractivity contribution is 9.09. The Hall–Kier alpha value is 0.220. The van der Waals surface area contributed by atoms with E-state index in [-0.39, 0.29) is 0 Å². The van der Waals surface area contributed by atoms with Crippen molar-refractivity contribution in [3.63, 3.8) is 0 Å². The van der Waals surface area contributed by atoms with Crippen LogP contribution in [0, 0.1) is 5.92 Å². The molecule has 70 valence electrons. The monoisotopic (exact) mass is 230 g/mol. The first-order valence-corrected chi connectivity index (χ1v) is 5.99. The van der Waals surface area contributed by atoms with Crippen LogP contribution < -0.4 is 0 Å². The van der Waals surface area contributed by atoms with Gasteiger partial charge in [0.15, 0.2) is 0 Å². The summed E-state index contributed by atoms with van der Waals surface area (Å²) in [4.78, 5) is 0.806. The van der Waals surface area contributed by atoms with Crippen molar-refractivity contribution in [2.24, 2.45) is 5.92 Å². The van der Waals surface area contributed by atoms with E-state index in [1.54, 1.807) is 0 Å². The Bertz CT molecular complexity index is 131. The van der Waals surface area contributed by atoms with Crippen molar-refractivity contribution in [3.8, 4) is 0 Å². The second-order valence-corrected chi connectivity index (χ2v) is 5.14. The molecule has 0 aromatic rings. The third kappa shape index (κ3) is 3.75. The van der Waals surface area contributed by atoms with Gasteiger partial charge < -0.3 is 0 Å². The Morgan fingerprint density at radius 3 is 2.92 bits per heavy atom. The molecule has 2 unspecified atom stereocenters. The number of alkyl halides is 1. The fourth-order valence-electron chi connectivity index (χ4n) is 2.04. The fourth-order valence-corrected chi connectivity index (χ4v) is 2.89. The average molecular weight is 231 g/mol. The topological polar surface area (TPSA) is 0 Å². The number of allylic oxidation sites excluding steroid dienone is 1. The molecule has 0 amide bonds. The second-order valence-electron chi connectivity index (χ2n) is 3.85. The van der Waals surface area contributed by atoms with Crippen molar-refractivity contribution >= 4 is 15.9 Å². The summed E-state index contributed by atoms with van der Waals surface area (Å²) >= 11 is 3.72. The van der Waals surface area contributed by atoms with Crippen molar-refractivity contribution in [1.82, 2.24) is 0 Å². The van der Waals surface area contributed by atoms with Crippen LogP contribution in [-0.2, 0) is 0 Å². The maximum Gasteiger partial charge on any atom is 0.0148 e. The van der Waals surface area contributed by atoms with Crippen LogP contribution in [0.25, 0.3) is 0 Å². The van der Waals surface area contributed by atoms with E-state index in [0.717, 1.165) is 10.7 Å². The lowest BCUT2D eigenvalue weighted by molar-refractivity contribution is 0.343. The van der Waals surface area contributed by atoms with Gasteiger partial charge in [0.1, 0.15) is 0 Å². The highest BCUT2D eigenvalue weighted by Crippen LogP contribution is 2.31. The van der Waals surface area contributed by atoms with E-state index in [9.17, 15) is 0 Å². The van der Waals surface area contributed by atoms with Gasteiger partial charge in [-0.05, 0) is 31.6 Å². The zero-order valence-electron chi connectivity index (χ0n) is 7.77. The van der Waals surface area contributed by atoms with Crippen LogP contribution in [0.5, 0.6) is 0 Å². The SMILES string of the molecule is C=CCCCC1CCCC(Br)C1. The highest BCUT2D eigenvalue weighted by atomic mass is 79.9. The van der Waals surface area contributed by atoms with Gasteiger partial charge >= 0.3 is 0 Å². The highest BCUT2D eigenvalue weighted by Gasteiger charge is 2.18. The number of hydrogen-bond donors (Lipinski definition) is 0. The maximum atomic E-state index is 3.75. The summed E-state index contributed by atoms with van der Waals surface area (Å²) in [7, 11) is 0. The van der Waals surface area contributed by atoms with Crippen LogP contribution in [0.2, 0.25) is 0 Å². The average Bonchev–Trinajstić information content (AvgIpc) is 2.05. The summed E-state index contributed by atoms with van der Waals surface area (Å²) in [6.07, 6.45) is 11.7. The molecule has 1 aliphatic carbocycles. The van der Waals surface area contributed by atoms with Crippen molar-refractivity contribution in [2.75, 3.05) is 0 Å². The second kappa shape index (κ2) is 5.80. The molecule has 0 N–H and O–H groups in total. The molecule has 0 heterocycles. The molecule has 1 fully saturated rings. The van der Waals surface area contributed by atoms with E-state index in [2.05, 4.69) is 22.5 Å². The van der Waals surface area contributed by atoms with Crippen molar-refractivity contribution < 1.29 is 0 Å². The molecule has 0 nitrogen and oxygen atoms in total. The van der Waals surface area contributed by atoms with E-state index in [0.29, 0.717) is 0 Å². The first-order chi connectivity index (χ1) is 5.83. The Kier molecular flexibility index (Phi) is 4.98. The minimum Gasteiger partial charge on any atom is -0.103 e. The summed E-state index contributed by atoms with van der Waals surface area (Å²) in [5, 5.41) is 0. The predicted octanol–water partition coefficient (Wildman–Crippen LogP) is 4.30. The molecule has 1 saturated carbocycles. The minimum absolute atomic E-state index is 0.806. The lowest BCUT2D eigenvalue weighted by atomic mass is 9.86. The van der Waals surface area contributed by atoms with Crippen LogP contribution in [0.4, 0.5) is 0 Å². The van der Waals surface area contributed by atoms with Gasteiger partial charge in [0.25, 0.3) is 0 Å². The van der Waals surface area contributed by atoms with Crippen LogP contribution in [-0.4, -0.2) is 4.83 Å². The van der Waals surface area contributed by atoms with Gasteiger partial charge in [0.05, 0.1) is 0 Å². The molecule has 1 heteroatoms. The third-order valence-electron chi connectivity index (χ3n) is 2.74. The van der Waals surface area contributed by atoms with E-state index in [1.807, 2.05) is 6.08 Å². The van der Waals surface area contributed by atoms with Gasteiger partial charge in [-0.15, -0.1) is 6.58 Å². The van der Waals surface area contributed by atoms with E-state index >= 15 is 0 Å². The predicted molar refractivity (Wildman–Crippen MR) is 58.7 cm³/mol. The lowest BCUT2D eigenvalue weighted by Gasteiger charge is -2.25. The molecule has 2 atom stereocenters. The zero-order valence-corrected chi connectivity index (χ0v) is 9.35. The van der Waals surface area contributed by atoms with Gasteiger partial charge in [0, 0.05) is 4.83 Å². The number of unbranched alkanes of at least 4 members (excludes halogenated alkanes) is 1. The van der Waals surface area contributed by atoms with Gasteiger partial charge in [0.2, 0.25) is 0 Å². The molecule has 0 spiro atoms. The molecule has 0 aromatic heterocycles. The van der Waals surface area contributed by atoms with Crippen molar-refractivity contribution in [3.05, 3.63) is 12.7 Å². The molecule has 0 aromatic carbocycles. The lowest BCUT2D eigenvalue weighted by Crippen LogP contribution is -2.14. The molecular formula is C11H19Br. The summed E-state index contributed by atoms with van der Waals surface area (Å²) in [6.45, 7) is 3.75. The maximum absolute atomic E-state index is 3.75. The first-order valence-electron chi connectivity index (χ1n) is 5.08. The van der Waals surface area contributed by atoms with Crippen LogP contribution in [0.1, 0.15) is 44.9 Å². The fraction of sp³-hybridized carbons (Fsp3) is 0.818. The van der Waals surface area contributed by atoms with Gasteiger partial charge in [-0.3, -0.25) is 0 Å². The van der Waals surface area contributed by atoms with Crippen molar-refractivity contribution in [2.45, 2.75) is 49.8 Å². The van der Waals surface area contributed by atoms with E-state index in [4.69, 9.17) is 0 Å². The largest absolute Gasteiger partial charge is 0.103 e. The Morgan fingerprint density at radius 1 is 1.42 bits per heavy atom. The smallest absolute Gasteiger partial charge is 0.0148 e. The third-order valence-corrected chi connectivity index (χ3v) is 3.57. The van der Waals surface area contributed by atoms with Crippen LogP contribution in [0.3, 0.4) is 0 Å². The summed E-state index contributed by atoms with van der Waals surface area (Å²) in [5.41, 5.74) is 0. The molecule has 0 bridgehead atoms. The molecule has 1 rings (SSSR count). The quantitative estimate of drug-likeness (QED) is 0.384.